The van der Waals surface area contributed by atoms with Crippen LogP contribution in [0.25, 0.3) is 0 Å². The van der Waals surface area contributed by atoms with Gasteiger partial charge in [0.05, 0.1) is 22.0 Å². The van der Waals surface area contributed by atoms with E-state index in [4.69, 9.17) is 0 Å². The molecule has 0 radical (unpaired) electrons. The first-order chi connectivity index (χ1) is 10.6. The Morgan fingerprint density at radius 2 is 2.09 bits per heavy atom. The molecule has 0 aliphatic carbocycles. The molecule has 0 aromatic heterocycles. The molecular weight excluding hydrogens is 322 g/mol. The molecule has 0 unspecified atom stereocenters. The molecule has 1 aromatic rings. The summed E-state index contributed by atoms with van der Waals surface area (Å²) in [6, 6.07) is 4.16. The van der Waals surface area contributed by atoms with Gasteiger partial charge in [-0.25, -0.2) is 8.42 Å². The van der Waals surface area contributed by atoms with Crippen LogP contribution in [0.1, 0.15) is 23.7 Å². The largest absolute Gasteiger partial charge is 0.383 e. The number of nitrogens with one attached hydrogen (secondary N) is 1. The normalized spacial score (nSPS) is 22.6. The highest BCUT2D eigenvalue weighted by Gasteiger charge is 2.43. The molecule has 1 atom stereocenters. The van der Waals surface area contributed by atoms with Gasteiger partial charge in [-0.15, -0.1) is 0 Å². The highest BCUT2D eigenvalue weighted by molar-refractivity contribution is 7.91. The summed E-state index contributed by atoms with van der Waals surface area (Å²) in [4.78, 5) is 24.5. The summed E-state index contributed by atoms with van der Waals surface area (Å²) in [5.41, 5.74) is -0.532. The minimum atomic E-state index is -3.16. The van der Waals surface area contributed by atoms with Crippen LogP contribution in [0.2, 0.25) is 0 Å². The van der Waals surface area contributed by atoms with Gasteiger partial charge in [-0.05, 0) is 25.5 Å². The number of nitrogens with zero attached hydrogens (tertiary/aromatic N) is 2. The maximum absolute atomic E-state index is 12.6. The van der Waals surface area contributed by atoms with Gasteiger partial charge < -0.3 is 10.2 Å². The number of anilines is 1. The quantitative estimate of drug-likeness (QED) is 0.653. The Labute approximate surface area is 134 Å². The van der Waals surface area contributed by atoms with Crippen LogP contribution in [-0.4, -0.2) is 55.3 Å². The number of carbonyl (C=O) groups excluding carboxylic acids is 1. The molecule has 0 saturated carbocycles. The van der Waals surface area contributed by atoms with Crippen molar-refractivity contribution in [2.75, 3.05) is 30.9 Å². The molecule has 1 saturated heterocycles. The van der Waals surface area contributed by atoms with Crippen molar-refractivity contribution in [2.45, 2.75) is 18.9 Å². The number of sulfone groups is 1. The molecule has 1 amide bonds. The molecule has 1 aliphatic heterocycles. The van der Waals surface area contributed by atoms with E-state index in [0.717, 1.165) is 0 Å². The molecule has 1 aromatic carbocycles. The van der Waals surface area contributed by atoms with E-state index in [1.165, 1.54) is 30.1 Å². The van der Waals surface area contributed by atoms with Gasteiger partial charge in [-0.2, -0.15) is 0 Å². The summed E-state index contributed by atoms with van der Waals surface area (Å²) in [5, 5.41) is 13.8. The fraction of sp³-hybridized carbons (Fsp3) is 0.500. The Morgan fingerprint density at radius 3 is 2.57 bits per heavy atom. The lowest BCUT2D eigenvalue weighted by atomic mass is 9.98. The van der Waals surface area contributed by atoms with Crippen molar-refractivity contribution in [3.05, 3.63) is 33.9 Å². The second-order valence-corrected chi connectivity index (χ2v) is 8.13. The molecular formula is C14H19N3O5S. The predicted octanol–water partition coefficient (Wildman–Crippen LogP) is 1.29. The van der Waals surface area contributed by atoms with Crippen molar-refractivity contribution in [3.8, 4) is 0 Å². The van der Waals surface area contributed by atoms with Gasteiger partial charge in [0.2, 0.25) is 0 Å². The topological polar surface area (TPSA) is 110 Å². The lowest BCUT2D eigenvalue weighted by Crippen LogP contribution is -2.48. The number of amides is 1. The number of carbonyl (C=O) groups is 1. The average molecular weight is 341 g/mol. The van der Waals surface area contributed by atoms with Crippen molar-refractivity contribution in [1.82, 2.24) is 4.90 Å². The third-order valence-electron chi connectivity index (χ3n) is 4.31. The molecule has 1 fully saturated rings. The van der Waals surface area contributed by atoms with Crippen LogP contribution in [0.4, 0.5) is 11.4 Å². The number of benzene rings is 1. The molecule has 9 heteroatoms. The van der Waals surface area contributed by atoms with Gasteiger partial charge in [-0.1, -0.05) is 0 Å². The third kappa shape index (κ3) is 3.29. The molecule has 23 heavy (non-hydrogen) atoms. The van der Waals surface area contributed by atoms with Gasteiger partial charge >= 0.3 is 0 Å². The van der Waals surface area contributed by atoms with Crippen LogP contribution in [-0.2, 0) is 9.84 Å². The predicted molar refractivity (Wildman–Crippen MR) is 86.4 cm³/mol. The van der Waals surface area contributed by atoms with Crippen molar-refractivity contribution < 1.29 is 18.1 Å². The van der Waals surface area contributed by atoms with Crippen molar-refractivity contribution >= 4 is 27.1 Å². The van der Waals surface area contributed by atoms with Crippen LogP contribution in [0.5, 0.6) is 0 Å². The van der Waals surface area contributed by atoms with Crippen LogP contribution >= 0.6 is 0 Å². The fourth-order valence-corrected chi connectivity index (χ4v) is 4.90. The monoisotopic (exact) mass is 341 g/mol. The number of hydrogen-bond acceptors (Lipinski definition) is 6. The number of nitro benzene ring substituents is 1. The van der Waals surface area contributed by atoms with E-state index >= 15 is 0 Å². The van der Waals surface area contributed by atoms with Gasteiger partial charge in [-0.3, -0.25) is 14.9 Å². The standard InChI is InChI=1S/C14H19N3O5S/c1-14(6-7-23(21,22)9-14)16(3)13(18)10-4-5-11(15-2)12(8-10)17(19)20/h4-5,8,15H,6-7,9H2,1-3H3/t14-/m1/s1. The maximum atomic E-state index is 12.6. The first-order valence-electron chi connectivity index (χ1n) is 7.04. The molecule has 2 rings (SSSR count). The van der Waals surface area contributed by atoms with Gasteiger partial charge in [0.1, 0.15) is 5.69 Å². The zero-order valence-corrected chi connectivity index (χ0v) is 14.0. The summed E-state index contributed by atoms with van der Waals surface area (Å²) in [6.45, 7) is 1.71. The molecule has 1 N–H and O–H groups in total. The summed E-state index contributed by atoms with van der Waals surface area (Å²) in [7, 11) is -0.0743. The molecule has 1 heterocycles. The SMILES string of the molecule is CNc1ccc(C(=O)N(C)[C@]2(C)CCS(=O)(=O)C2)cc1[N+](=O)[O-]. The van der Waals surface area contributed by atoms with Gasteiger partial charge in [0, 0.05) is 25.7 Å². The first kappa shape index (κ1) is 17.2. The van der Waals surface area contributed by atoms with Crippen LogP contribution in [0, 0.1) is 10.1 Å². The van der Waals surface area contributed by atoms with E-state index in [1.807, 2.05) is 0 Å². The lowest BCUT2D eigenvalue weighted by Gasteiger charge is -2.34. The average Bonchev–Trinajstić information content (AvgIpc) is 2.79. The minimum absolute atomic E-state index is 0.0416. The molecule has 0 bridgehead atoms. The zero-order chi connectivity index (χ0) is 17.4. The van der Waals surface area contributed by atoms with Gasteiger partial charge in [0.15, 0.2) is 9.84 Å². The number of rotatable bonds is 4. The smallest absolute Gasteiger partial charge is 0.293 e. The molecule has 0 spiro atoms. The number of nitro groups is 1. The van der Waals surface area contributed by atoms with E-state index < -0.39 is 26.2 Å². The van der Waals surface area contributed by atoms with E-state index in [1.54, 1.807) is 14.0 Å². The minimum Gasteiger partial charge on any atom is -0.383 e. The summed E-state index contributed by atoms with van der Waals surface area (Å²) in [6.07, 6.45) is 0.355. The van der Waals surface area contributed by atoms with Crippen LogP contribution < -0.4 is 5.32 Å². The summed E-state index contributed by atoms with van der Waals surface area (Å²) < 4.78 is 23.4. The Kier molecular flexibility index (Phi) is 4.34. The summed E-state index contributed by atoms with van der Waals surface area (Å²) in [5.74, 6) is -0.492. The molecule has 8 nitrogen and oxygen atoms in total. The van der Waals surface area contributed by atoms with Crippen LogP contribution in [0.15, 0.2) is 18.2 Å². The Bertz CT molecular complexity index is 762. The highest BCUT2D eigenvalue weighted by Crippen LogP contribution is 2.31. The second-order valence-electron chi connectivity index (χ2n) is 5.94. The van der Waals surface area contributed by atoms with E-state index in [2.05, 4.69) is 5.32 Å². The maximum Gasteiger partial charge on any atom is 0.293 e. The van der Waals surface area contributed by atoms with E-state index in [9.17, 15) is 23.3 Å². The zero-order valence-electron chi connectivity index (χ0n) is 13.2. The lowest BCUT2D eigenvalue weighted by molar-refractivity contribution is -0.384. The van der Waals surface area contributed by atoms with Crippen LogP contribution in [0.3, 0.4) is 0 Å². The van der Waals surface area contributed by atoms with Gasteiger partial charge in [0.25, 0.3) is 11.6 Å². The third-order valence-corrected chi connectivity index (χ3v) is 6.20. The van der Waals surface area contributed by atoms with E-state index in [-0.39, 0.29) is 22.8 Å². The van der Waals surface area contributed by atoms with E-state index in [0.29, 0.717) is 12.1 Å². The summed E-state index contributed by atoms with van der Waals surface area (Å²) >= 11 is 0. The van der Waals surface area contributed by atoms with Crippen molar-refractivity contribution in [3.63, 3.8) is 0 Å². The van der Waals surface area contributed by atoms with Crippen molar-refractivity contribution in [2.24, 2.45) is 0 Å². The first-order valence-corrected chi connectivity index (χ1v) is 8.86. The number of hydrogen-bond donors (Lipinski definition) is 1. The molecule has 126 valence electrons. The second kappa shape index (κ2) is 5.80. The Morgan fingerprint density at radius 1 is 1.43 bits per heavy atom. The van der Waals surface area contributed by atoms with Crippen molar-refractivity contribution in [1.29, 1.82) is 0 Å². The Hall–Kier alpha value is -2.16. The fourth-order valence-electron chi connectivity index (χ4n) is 2.72. The highest BCUT2D eigenvalue weighted by atomic mass is 32.2. The Balaban J connectivity index is 2.34. The molecule has 1 aliphatic rings.